The summed E-state index contributed by atoms with van der Waals surface area (Å²) in [4.78, 5) is 10.1. The summed E-state index contributed by atoms with van der Waals surface area (Å²) < 4.78 is 0. The zero-order valence-electron chi connectivity index (χ0n) is 8.59. The number of unbranched alkanes of at least 4 members (excludes halogenated alkanes) is 6. The summed E-state index contributed by atoms with van der Waals surface area (Å²) >= 11 is 0. The van der Waals surface area contributed by atoms with E-state index >= 15 is 0 Å². The van der Waals surface area contributed by atoms with Crippen LogP contribution in [0.4, 0.5) is 0 Å². The van der Waals surface area contributed by atoms with Gasteiger partial charge in [-0.2, -0.15) is 0 Å². The molecule has 3 heteroatoms. The maximum absolute atomic E-state index is 10.1. The molecule has 0 saturated carbocycles. The van der Waals surface area contributed by atoms with Crippen LogP contribution in [0.15, 0.2) is 0 Å². The minimum Gasteiger partial charge on any atom is -0.481 e. The Morgan fingerprint density at radius 2 is 1.46 bits per heavy atom. The monoisotopic (exact) mass is 287 g/mol. The predicted octanol–water partition coefficient (Wildman–Crippen LogP) is 2.83. The Labute approximate surface area is 99.9 Å². The molecule has 0 bridgehead atoms. The molecule has 0 aromatic carbocycles. The van der Waals surface area contributed by atoms with Gasteiger partial charge in [0.05, 0.1) is 0 Å². The molecule has 0 atom stereocenters. The van der Waals surface area contributed by atoms with Crippen LogP contribution in [0.5, 0.6) is 0 Å². The van der Waals surface area contributed by atoms with Crippen LogP contribution in [0.25, 0.3) is 0 Å². The number of carboxylic acid groups (broad SMARTS) is 1. The normalized spacial score (nSPS) is 9.31. The molecule has 0 spiro atoms. The number of aliphatic carboxylic acids is 1. The molecule has 0 aromatic rings. The number of carboxylic acids is 1. The van der Waals surface area contributed by atoms with E-state index in [-0.39, 0.29) is 25.8 Å². The van der Waals surface area contributed by atoms with Gasteiger partial charge in [-0.3, -0.25) is 4.79 Å². The van der Waals surface area contributed by atoms with Crippen molar-refractivity contribution in [1.82, 2.24) is 0 Å². The third kappa shape index (κ3) is 15.1. The molecule has 2 nitrogen and oxygen atoms in total. The number of rotatable bonds is 8. The summed E-state index contributed by atoms with van der Waals surface area (Å²) in [7, 11) is 0. The van der Waals surface area contributed by atoms with Crippen molar-refractivity contribution in [2.45, 2.75) is 58.3 Å². The quantitative estimate of drug-likeness (QED) is 0.697. The number of carbonyl (C=O) groups is 1. The van der Waals surface area contributed by atoms with Crippen LogP contribution < -0.4 is 0 Å². The molecule has 3 radical (unpaired) electrons. The fourth-order valence-electron chi connectivity index (χ4n) is 1.23. The molecule has 0 aromatic heterocycles. The van der Waals surface area contributed by atoms with Crippen molar-refractivity contribution in [2.75, 3.05) is 0 Å². The van der Waals surface area contributed by atoms with Crippen LogP contribution in [-0.4, -0.2) is 36.9 Å². The summed E-state index contributed by atoms with van der Waals surface area (Å²) in [5.41, 5.74) is 0. The Morgan fingerprint density at radius 3 is 1.92 bits per heavy atom. The van der Waals surface area contributed by atoms with Crippen LogP contribution in [0.2, 0.25) is 0 Å². The van der Waals surface area contributed by atoms with Crippen molar-refractivity contribution < 1.29 is 9.90 Å². The molecule has 13 heavy (non-hydrogen) atoms. The van der Waals surface area contributed by atoms with Crippen molar-refractivity contribution in [3.8, 4) is 0 Å². The largest absolute Gasteiger partial charge is 0.481 e. The Hall–Kier alpha value is 0.340. The third-order valence-corrected chi connectivity index (χ3v) is 1.99. The number of hydrogen-bond donors (Lipinski definition) is 1. The van der Waals surface area contributed by atoms with Gasteiger partial charge in [0.25, 0.3) is 0 Å². The van der Waals surface area contributed by atoms with Gasteiger partial charge in [-0.25, -0.2) is 0 Å². The molecular weight excluding hydrogens is 267 g/mol. The Bertz CT molecular complexity index is 115. The van der Waals surface area contributed by atoms with Crippen LogP contribution in [0.1, 0.15) is 58.3 Å². The Morgan fingerprint density at radius 1 is 1.00 bits per heavy atom. The summed E-state index contributed by atoms with van der Waals surface area (Å²) in [5, 5.41) is 8.35. The molecule has 0 aliphatic rings. The molecule has 0 heterocycles. The Balaban J connectivity index is 0. The molecule has 0 unspecified atom stereocenters. The van der Waals surface area contributed by atoms with Gasteiger partial charge in [-0.05, 0) is 6.42 Å². The van der Waals surface area contributed by atoms with E-state index in [9.17, 15) is 4.79 Å². The fraction of sp³-hybridized carbons (Fsp3) is 0.900. The van der Waals surface area contributed by atoms with E-state index in [1.165, 1.54) is 32.1 Å². The molecule has 75 valence electrons. The van der Waals surface area contributed by atoms with E-state index in [1.807, 2.05) is 0 Å². The Kier molecular flexibility index (Phi) is 15.0. The first-order chi connectivity index (χ1) is 5.77. The van der Waals surface area contributed by atoms with Crippen molar-refractivity contribution in [3.63, 3.8) is 0 Å². The minimum absolute atomic E-state index is 0. The first-order valence-electron chi connectivity index (χ1n) is 4.99. The first kappa shape index (κ1) is 15.8. The number of hydrogen-bond acceptors (Lipinski definition) is 1. The van der Waals surface area contributed by atoms with Gasteiger partial charge in [0, 0.05) is 32.3 Å². The maximum Gasteiger partial charge on any atom is 0.303 e. The van der Waals surface area contributed by atoms with Crippen molar-refractivity contribution in [2.24, 2.45) is 0 Å². The zero-order chi connectivity index (χ0) is 9.23. The SMILES string of the molecule is CCCCCCCCCC(=O)O.[In]. The van der Waals surface area contributed by atoms with Crippen LogP contribution in [0, 0.1) is 0 Å². The average Bonchev–Trinajstić information content (AvgIpc) is 2.02. The second kappa shape index (κ2) is 12.3. The molecule has 0 saturated heterocycles. The first-order valence-corrected chi connectivity index (χ1v) is 4.99. The molecule has 0 fully saturated rings. The standard InChI is InChI=1S/C10H20O2.In/c1-2-3-4-5-6-7-8-9-10(11)12;/h2-9H2,1H3,(H,11,12);. The van der Waals surface area contributed by atoms with Gasteiger partial charge >= 0.3 is 5.97 Å². The molecular formula is C10H20InO2. The zero-order valence-corrected chi connectivity index (χ0v) is 11.9. The van der Waals surface area contributed by atoms with Gasteiger partial charge in [0.2, 0.25) is 0 Å². The summed E-state index contributed by atoms with van der Waals surface area (Å²) in [6.45, 7) is 2.20. The van der Waals surface area contributed by atoms with Gasteiger partial charge in [-0.15, -0.1) is 0 Å². The van der Waals surface area contributed by atoms with E-state index in [1.54, 1.807) is 0 Å². The topological polar surface area (TPSA) is 37.3 Å². The van der Waals surface area contributed by atoms with Crippen molar-refractivity contribution >= 4 is 31.8 Å². The van der Waals surface area contributed by atoms with E-state index in [0.29, 0.717) is 6.42 Å². The van der Waals surface area contributed by atoms with Crippen LogP contribution >= 0.6 is 0 Å². The smallest absolute Gasteiger partial charge is 0.303 e. The summed E-state index contributed by atoms with van der Waals surface area (Å²) in [6.07, 6.45) is 8.64. The summed E-state index contributed by atoms with van der Waals surface area (Å²) in [6, 6.07) is 0. The molecule has 0 aliphatic carbocycles. The minimum atomic E-state index is -0.663. The second-order valence-corrected chi connectivity index (χ2v) is 3.27. The molecule has 0 rings (SSSR count). The van der Waals surface area contributed by atoms with Gasteiger partial charge in [0.1, 0.15) is 0 Å². The van der Waals surface area contributed by atoms with Crippen molar-refractivity contribution in [3.05, 3.63) is 0 Å². The predicted molar refractivity (Wildman–Crippen MR) is 56.0 cm³/mol. The van der Waals surface area contributed by atoms with Crippen LogP contribution in [0.3, 0.4) is 0 Å². The van der Waals surface area contributed by atoms with E-state index in [4.69, 9.17) is 5.11 Å². The van der Waals surface area contributed by atoms with Gasteiger partial charge < -0.3 is 5.11 Å². The van der Waals surface area contributed by atoms with Gasteiger partial charge in [0.15, 0.2) is 0 Å². The van der Waals surface area contributed by atoms with E-state index in [2.05, 4.69) is 6.92 Å². The average molecular weight is 287 g/mol. The molecule has 0 amide bonds. The third-order valence-electron chi connectivity index (χ3n) is 1.99. The van der Waals surface area contributed by atoms with Crippen molar-refractivity contribution in [1.29, 1.82) is 0 Å². The second-order valence-electron chi connectivity index (χ2n) is 3.27. The maximum atomic E-state index is 10.1. The molecule has 1 N–H and O–H groups in total. The fourth-order valence-corrected chi connectivity index (χ4v) is 1.23. The van der Waals surface area contributed by atoms with Crippen LogP contribution in [-0.2, 0) is 4.79 Å². The van der Waals surface area contributed by atoms with E-state index in [0.717, 1.165) is 12.8 Å². The molecule has 0 aliphatic heterocycles. The van der Waals surface area contributed by atoms with Gasteiger partial charge in [-0.1, -0.05) is 45.4 Å². The van der Waals surface area contributed by atoms with E-state index < -0.39 is 5.97 Å². The summed E-state index contributed by atoms with van der Waals surface area (Å²) in [5.74, 6) is -0.663.